The molecule has 0 aliphatic heterocycles. The Morgan fingerprint density at radius 2 is 1.85 bits per heavy atom. The van der Waals surface area contributed by atoms with Gasteiger partial charge in [-0.15, -0.1) is 11.3 Å². The number of benzene rings is 1. The van der Waals surface area contributed by atoms with Crippen molar-refractivity contribution in [1.29, 1.82) is 0 Å². The summed E-state index contributed by atoms with van der Waals surface area (Å²) in [6.07, 6.45) is 1.64. The van der Waals surface area contributed by atoms with E-state index in [1.165, 1.54) is 16.0 Å². The van der Waals surface area contributed by atoms with Gasteiger partial charge in [0, 0.05) is 10.9 Å². The summed E-state index contributed by atoms with van der Waals surface area (Å²) in [5, 5.41) is 4.66. The first-order chi connectivity index (χ1) is 9.66. The highest BCUT2D eigenvalue weighted by atomic mass is 32.1. The molecule has 0 spiro atoms. The van der Waals surface area contributed by atoms with Gasteiger partial charge >= 0.3 is 0 Å². The molecule has 1 unspecified atom stereocenters. The summed E-state index contributed by atoms with van der Waals surface area (Å²) in [6, 6.07) is 10.6. The molecule has 0 amide bonds. The lowest BCUT2D eigenvalue weighted by molar-refractivity contribution is 0.876. The number of aromatic nitrogens is 2. The minimum atomic E-state index is 0.217. The number of fused-ring (bicyclic) bond motifs is 1. The average molecular weight is 283 g/mol. The van der Waals surface area contributed by atoms with Crippen molar-refractivity contribution in [2.75, 3.05) is 5.32 Å². The SMILES string of the molecule is Cc1sc2ncnc(NC(C)c3ccccc3)c2c1C. The molecule has 0 aliphatic rings. The zero-order valence-electron chi connectivity index (χ0n) is 11.8. The summed E-state index contributed by atoms with van der Waals surface area (Å²) in [6.45, 7) is 6.42. The molecule has 1 aromatic carbocycles. The number of hydrogen-bond donors (Lipinski definition) is 1. The van der Waals surface area contributed by atoms with Crippen LogP contribution < -0.4 is 5.32 Å². The number of hydrogen-bond acceptors (Lipinski definition) is 4. The fraction of sp³-hybridized carbons (Fsp3) is 0.250. The average Bonchev–Trinajstić information content (AvgIpc) is 2.76. The van der Waals surface area contributed by atoms with Gasteiger partial charge in [-0.2, -0.15) is 0 Å². The maximum Gasteiger partial charge on any atom is 0.138 e. The number of anilines is 1. The van der Waals surface area contributed by atoms with Crippen molar-refractivity contribution in [2.45, 2.75) is 26.8 Å². The van der Waals surface area contributed by atoms with Crippen molar-refractivity contribution in [1.82, 2.24) is 9.97 Å². The van der Waals surface area contributed by atoms with Gasteiger partial charge in [0.1, 0.15) is 17.0 Å². The normalized spacial score (nSPS) is 12.6. The maximum atomic E-state index is 4.43. The Bertz CT molecular complexity index is 734. The minimum Gasteiger partial charge on any atom is -0.363 e. The highest BCUT2D eigenvalue weighted by molar-refractivity contribution is 7.18. The predicted octanol–water partition coefficient (Wildman–Crippen LogP) is 4.48. The standard InChI is InChI=1S/C16H17N3S/c1-10-12(3)20-16-14(10)15(17-9-18-16)19-11(2)13-7-5-4-6-8-13/h4-9,11H,1-3H3,(H,17,18,19). The first-order valence-electron chi connectivity index (χ1n) is 6.69. The molecule has 4 heteroatoms. The van der Waals surface area contributed by atoms with E-state index in [4.69, 9.17) is 0 Å². The Balaban J connectivity index is 1.99. The molecular weight excluding hydrogens is 266 g/mol. The van der Waals surface area contributed by atoms with Crippen molar-refractivity contribution >= 4 is 27.4 Å². The topological polar surface area (TPSA) is 37.8 Å². The van der Waals surface area contributed by atoms with Gasteiger partial charge < -0.3 is 5.32 Å². The summed E-state index contributed by atoms with van der Waals surface area (Å²) in [7, 11) is 0. The van der Waals surface area contributed by atoms with Crippen molar-refractivity contribution in [2.24, 2.45) is 0 Å². The number of thiophene rings is 1. The van der Waals surface area contributed by atoms with Crippen LogP contribution in [0, 0.1) is 13.8 Å². The Morgan fingerprint density at radius 3 is 2.60 bits per heavy atom. The van der Waals surface area contributed by atoms with Crippen LogP contribution in [-0.2, 0) is 0 Å². The molecule has 1 N–H and O–H groups in total. The molecule has 0 saturated heterocycles. The molecule has 2 heterocycles. The van der Waals surface area contributed by atoms with Gasteiger partial charge in [-0.05, 0) is 31.9 Å². The molecule has 2 aromatic heterocycles. The van der Waals surface area contributed by atoms with E-state index in [9.17, 15) is 0 Å². The lowest BCUT2D eigenvalue weighted by atomic mass is 10.1. The lowest BCUT2D eigenvalue weighted by Gasteiger charge is -2.15. The number of nitrogens with zero attached hydrogens (tertiary/aromatic N) is 2. The van der Waals surface area contributed by atoms with Crippen LogP contribution in [0.25, 0.3) is 10.2 Å². The molecule has 20 heavy (non-hydrogen) atoms. The largest absolute Gasteiger partial charge is 0.363 e. The molecule has 3 nitrogen and oxygen atoms in total. The third-order valence-electron chi connectivity index (χ3n) is 3.62. The highest BCUT2D eigenvalue weighted by Gasteiger charge is 2.14. The Morgan fingerprint density at radius 1 is 1.10 bits per heavy atom. The van der Waals surface area contributed by atoms with Gasteiger partial charge in [-0.3, -0.25) is 0 Å². The van der Waals surface area contributed by atoms with Crippen LogP contribution in [0.5, 0.6) is 0 Å². The van der Waals surface area contributed by atoms with E-state index in [0.717, 1.165) is 16.0 Å². The van der Waals surface area contributed by atoms with Crippen molar-refractivity contribution < 1.29 is 0 Å². The van der Waals surface area contributed by atoms with Gasteiger partial charge in [0.15, 0.2) is 0 Å². The first-order valence-corrected chi connectivity index (χ1v) is 7.50. The van der Waals surface area contributed by atoms with Crippen LogP contribution in [0.4, 0.5) is 5.82 Å². The van der Waals surface area contributed by atoms with Crippen LogP contribution in [-0.4, -0.2) is 9.97 Å². The third kappa shape index (κ3) is 2.27. The van der Waals surface area contributed by atoms with Crippen molar-refractivity contribution in [3.8, 4) is 0 Å². The van der Waals surface area contributed by atoms with Crippen LogP contribution in [0.2, 0.25) is 0 Å². The van der Waals surface area contributed by atoms with E-state index in [1.807, 2.05) is 6.07 Å². The molecule has 0 saturated carbocycles. The molecule has 0 bridgehead atoms. The second kappa shape index (κ2) is 5.21. The fourth-order valence-corrected chi connectivity index (χ4v) is 3.32. The van der Waals surface area contributed by atoms with Gasteiger partial charge in [-0.1, -0.05) is 30.3 Å². The molecule has 3 aromatic rings. The summed E-state index contributed by atoms with van der Waals surface area (Å²) >= 11 is 1.72. The van der Waals surface area contributed by atoms with Gasteiger partial charge in [0.25, 0.3) is 0 Å². The molecule has 0 radical (unpaired) electrons. The zero-order chi connectivity index (χ0) is 14.1. The predicted molar refractivity (Wildman–Crippen MR) is 85.4 cm³/mol. The quantitative estimate of drug-likeness (QED) is 0.770. The third-order valence-corrected chi connectivity index (χ3v) is 4.73. The van der Waals surface area contributed by atoms with Gasteiger partial charge in [-0.25, -0.2) is 9.97 Å². The van der Waals surface area contributed by atoms with Crippen molar-refractivity contribution in [3.63, 3.8) is 0 Å². The zero-order valence-corrected chi connectivity index (χ0v) is 12.7. The minimum absolute atomic E-state index is 0.217. The molecule has 1 atom stereocenters. The molecule has 102 valence electrons. The number of rotatable bonds is 3. The molecule has 3 rings (SSSR count). The maximum absolute atomic E-state index is 4.43. The second-order valence-electron chi connectivity index (χ2n) is 4.96. The summed E-state index contributed by atoms with van der Waals surface area (Å²) < 4.78 is 0. The molecule has 0 aliphatic carbocycles. The van der Waals surface area contributed by atoms with E-state index in [2.05, 4.69) is 60.3 Å². The van der Waals surface area contributed by atoms with Gasteiger partial charge in [0.05, 0.1) is 5.39 Å². The van der Waals surface area contributed by atoms with E-state index in [1.54, 1.807) is 17.7 Å². The highest BCUT2D eigenvalue weighted by Crippen LogP contribution is 2.33. The smallest absolute Gasteiger partial charge is 0.138 e. The van der Waals surface area contributed by atoms with E-state index in [0.29, 0.717) is 0 Å². The Labute approximate surface area is 122 Å². The van der Waals surface area contributed by atoms with E-state index < -0.39 is 0 Å². The Hall–Kier alpha value is -1.94. The van der Waals surface area contributed by atoms with Crippen LogP contribution in [0.3, 0.4) is 0 Å². The summed E-state index contributed by atoms with van der Waals surface area (Å²) in [5.74, 6) is 0.924. The van der Waals surface area contributed by atoms with Crippen molar-refractivity contribution in [3.05, 3.63) is 52.7 Å². The molecular formula is C16H17N3S. The second-order valence-corrected chi connectivity index (χ2v) is 6.17. The number of aryl methyl sites for hydroxylation is 2. The lowest BCUT2D eigenvalue weighted by Crippen LogP contribution is -2.08. The summed E-state index contributed by atoms with van der Waals surface area (Å²) in [5.41, 5.74) is 2.53. The van der Waals surface area contributed by atoms with E-state index in [-0.39, 0.29) is 6.04 Å². The monoisotopic (exact) mass is 283 g/mol. The van der Waals surface area contributed by atoms with Gasteiger partial charge in [0.2, 0.25) is 0 Å². The first kappa shape index (κ1) is 13.1. The molecule has 0 fully saturated rings. The van der Waals surface area contributed by atoms with Crippen LogP contribution in [0.15, 0.2) is 36.7 Å². The number of nitrogens with one attached hydrogen (secondary N) is 1. The summed E-state index contributed by atoms with van der Waals surface area (Å²) in [4.78, 5) is 11.2. The van der Waals surface area contributed by atoms with Crippen LogP contribution >= 0.6 is 11.3 Å². The van der Waals surface area contributed by atoms with E-state index >= 15 is 0 Å². The fourth-order valence-electron chi connectivity index (χ4n) is 2.32. The van der Waals surface area contributed by atoms with Crippen LogP contribution in [0.1, 0.15) is 29.0 Å². The Kier molecular flexibility index (Phi) is 3.40.